The molecular weight excluding hydrogens is 385 g/mol. The van der Waals surface area contributed by atoms with Crippen LogP contribution in [-0.2, 0) is 0 Å². The van der Waals surface area contributed by atoms with Crippen molar-refractivity contribution in [2.45, 2.75) is 18.9 Å². The lowest BCUT2D eigenvalue weighted by molar-refractivity contribution is 0.0730. The second kappa shape index (κ2) is 6.52. The van der Waals surface area contributed by atoms with Crippen LogP contribution in [0.1, 0.15) is 34.9 Å². The average molecular weight is 400 g/mol. The number of amides is 1. The number of hydrogen-bond donors (Lipinski definition) is 0. The molecule has 6 heteroatoms. The van der Waals surface area contributed by atoms with Crippen LogP contribution in [-0.4, -0.2) is 27.3 Å². The highest BCUT2D eigenvalue weighted by Gasteiger charge is 2.31. The molecule has 0 saturated carbocycles. The van der Waals surface area contributed by atoms with E-state index < -0.39 is 0 Å². The van der Waals surface area contributed by atoms with Gasteiger partial charge in [0, 0.05) is 24.3 Å². The molecule has 2 aromatic heterocycles. The van der Waals surface area contributed by atoms with Crippen molar-refractivity contribution in [1.29, 1.82) is 0 Å². The second-order valence-electron chi connectivity index (χ2n) is 6.10. The number of likely N-dealkylation sites (tertiary alicyclic amines) is 1. The smallest absolute Gasteiger partial charge is 0.272 e. The zero-order chi connectivity index (χ0) is 17.4. The summed E-state index contributed by atoms with van der Waals surface area (Å²) in [5.74, 6) is -0.369. The Bertz CT molecular complexity index is 945. The first-order valence-corrected chi connectivity index (χ1v) is 8.89. The van der Waals surface area contributed by atoms with E-state index in [2.05, 4.69) is 25.9 Å². The van der Waals surface area contributed by atoms with E-state index >= 15 is 0 Å². The molecule has 126 valence electrons. The van der Waals surface area contributed by atoms with Gasteiger partial charge in [-0.05, 0) is 58.6 Å². The summed E-state index contributed by atoms with van der Waals surface area (Å²) in [5.41, 5.74) is 2.09. The fourth-order valence-electron chi connectivity index (χ4n) is 3.32. The lowest BCUT2D eigenvalue weighted by atomic mass is 10.0. The van der Waals surface area contributed by atoms with Crippen LogP contribution < -0.4 is 0 Å². The third kappa shape index (κ3) is 3.02. The van der Waals surface area contributed by atoms with E-state index in [4.69, 9.17) is 0 Å². The third-order valence-electron chi connectivity index (χ3n) is 4.54. The highest BCUT2D eigenvalue weighted by molar-refractivity contribution is 9.10. The molecular formula is C19H15BrFN3O. The van der Waals surface area contributed by atoms with Gasteiger partial charge in [0.05, 0.1) is 16.0 Å². The Kier molecular flexibility index (Phi) is 4.21. The van der Waals surface area contributed by atoms with E-state index in [1.807, 2.05) is 11.0 Å². The molecule has 1 aliphatic heterocycles. The van der Waals surface area contributed by atoms with E-state index in [9.17, 15) is 9.18 Å². The largest absolute Gasteiger partial charge is 0.330 e. The molecule has 4 rings (SSSR count). The molecule has 0 N–H and O–H groups in total. The van der Waals surface area contributed by atoms with E-state index in [1.54, 1.807) is 30.6 Å². The van der Waals surface area contributed by atoms with Crippen LogP contribution in [0.15, 0.2) is 53.3 Å². The highest BCUT2D eigenvalue weighted by atomic mass is 79.9. The Labute approximate surface area is 152 Å². The van der Waals surface area contributed by atoms with Crippen LogP contribution in [0.4, 0.5) is 4.39 Å². The van der Waals surface area contributed by atoms with Crippen LogP contribution in [0.25, 0.3) is 10.9 Å². The fraction of sp³-hybridized carbons (Fsp3) is 0.211. The minimum Gasteiger partial charge on any atom is -0.330 e. The molecule has 0 radical (unpaired) electrons. The van der Waals surface area contributed by atoms with Crippen molar-refractivity contribution in [2.24, 2.45) is 0 Å². The molecule has 4 nitrogen and oxygen atoms in total. The van der Waals surface area contributed by atoms with Gasteiger partial charge >= 0.3 is 0 Å². The van der Waals surface area contributed by atoms with Crippen molar-refractivity contribution in [2.75, 3.05) is 6.54 Å². The summed E-state index contributed by atoms with van der Waals surface area (Å²) in [6.07, 6.45) is 5.19. The molecule has 0 aliphatic carbocycles. The van der Waals surface area contributed by atoms with Gasteiger partial charge in [-0.15, -0.1) is 0 Å². The molecule has 0 spiro atoms. The molecule has 1 aromatic carbocycles. The Morgan fingerprint density at radius 1 is 1.16 bits per heavy atom. The predicted molar refractivity (Wildman–Crippen MR) is 96.6 cm³/mol. The monoisotopic (exact) mass is 399 g/mol. The molecule has 25 heavy (non-hydrogen) atoms. The maximum Gasteiger partial charge on any atom is 0.272 e. The second-order valence-corrected chi connectivity index (χ2v) is 6.95. The third-order valence-corrected chi connectivity index (χ3v) is 5.12. The quantitative estimate of drug-likeness (QED) is 0.636. The summed E-state index contributed by atoms with van der Waals surface area (Å²) in [5, 5.41) is 0.877. The Hall–Kier alpha value is -2.34. The molecule has 1 aliphatic rings. The minimum absolute atomic E-state index is 0.0357. The van der Waals surface area contributed by atoms with Crippen LogP contribution in [0.3, 0.4) is 0 Å². The first-order chi connectivity index (χ1) is 12.1. The van der Waals surface area contributed by atoms with E-state index in [1.165, 1.54) is 12.1 Å². The maximum absolute atomic E-state index is 13.2. The van der Waals surface area contributed by atoms with Crippen molar-refractivity contribution in [1.82, 2.24) is 14.9 Å². The van der Waals surface area contributed by atoms with E-state index in [0.29, 0.717) is 12.2 Å². The summed E-state index contributed by atoms with van der Waals surface area (Å²) < 4.78 is 13.9. The number of nitrogens with zero attached hydrogens (tertiary/aromatic N) is 3. The zero-order valence-electron chi connectivity index (χ0n) is 13.3. The summed E-state index contributed by atoms with van der Waals surface area (Å²) >= 11 is 3.43. The van der Waals surface area contributed by atoms with Gasteiger partial charge in [-0.2, -0.15) is 0 Å². The van der Waals surface area contributed by atoms with Gasteiger partial charge in [0.15, 0.2) is 0 Å². The Balaban J connectivity index is 1.67. The number of rotatable bonds is 2. The van der Waals surface area contributed by atoms with Gasteiger partial charge in [0.1, 0.15) is 11.5 Å². The highest BCUT2D eigenvalue weighted by Crippen LogP contribution is 2.33. The van der Waals surface area contributed by atoms with Crippen LogP contribution in [0.2, 0.25) is 0 Å². The molecule has 1 amide bonds. The zero-order valence-corrected chi connectivity index (χ0v) is 14.9. The fourth-order valence-corrected chi connectivity index (χ4v) is 3.75. The number of benzene rings is 1. The van der Waals surface area contributed by atoms with Crippen molar-refractivity contribution >= 4 is 32.7 Å². The predicted octanol–water partition coefficient (Wildman–Crippen LogP) is 4.51. The normalized spacial score (nSPS) is 17.2. The lowest BCUT2D eigenvalue weighted by Crippen LogP contribution is -2.31. The number of pyridine rings is 2. The average Bonchev–Trinajstić information content (AvgIpc) is 3.11. The molecule has 3 heterocycles. The molecule has 1 saturated heterocycles. The number of aromatic nitrogens is 2. The first kappa shape index (κ1) is 16.1. The van der Waals surface area contributed by atoms with Crippen molar-refractivity contribution < 1.29 is 9.18 Å². The Morgan fingerprint density at radius 3 is 2.76 bits per heavy atom. The molecule has 1 atom stereocenters. The summed E-state index contributed by atoms with van der Waals surface area (Å²) in [6.45, 7) is 0.679. The number of fused-ring (bicyclic) bond motifs is 1. The summed E-state index contributed by atoms with van der Waals surface area (Å²) in [4.78, 5) is 23.5. The van der Waals surface area contributed by atoms with E-state index in [-0.39, 0.29) is 17.8 Å². The minimum atomic E-state index is -0.269. The SMILES string of the molecule is O=C(c1ccc2cncc(Br)c2n1)N1CCC[C@H]1c1ccc(F)cc1. The van der Waals surface area contributed by atoms with Gasteiger partial charge in [0.25, 0.3) is 5.91 Å². The number of carbonyl (C=O) groups excluding carboxylic acids is 1. The van der Waals surface area contributed by atoms with Gasteiger partial charge in [-0.25, -0.2) is 9.37 Å². The van der Waals surface area contributed by atoms with Crippen molar-refractivity contribution in [3.05, 3.63) is 70.3 Å². The molecule has 3 aromatic rings. The van der Waals surface area contributed by atoms with E-state index in [0.717, 1.165) is 33.8 Å². The van der Waals surface area contributed by atoms with Crippen LogP contribution in [0, 0.1) is 5.82 Å². The van der Waals surface area contributed by atoms with Crippen molar-refractivity contribution in [3.8, 4) is 0 Å². The van der Waals surface area contributed by atoms with Crippen molar-refractivity contribution in [3.63, 3.8) is 0 Å². The number of hydrogen-bond acceptors (Lipinski definition) is 3. The molecule has 0 unspecified atom stereocenters. The number of carbonyl (C=O) groups is 1. The van der Waals surface area contributed by atoms with Crippen LogP contribution in [0.5, 0.6) is 0 Å². The molecule has 0 bridgehead atoms. The topological polar surface area (TPSA) is 46.1 Å². The standard InChI is InChI=1S/C19H15BrFN3O/c20-15-11-22-10-13-5-8-16(23-18(13)15)19(25)24-9-1-2-17(24)12-3-6-14(21)7-4-12/h3-8,10-11,17H,1-2,9H2/t17-/m0/s1. The summed E-state index contributed by atoms with van der Waals surface area (Å²) in [6, 6.07) is 9.94. The number of halogens is 2. The van der Waals surface area contributed by atoms with Gasteiger partial charge < -0.3 is 4.90 Å². The maximum atomic E-state index is 13.2. The summed E-state index contributed by atoms with van der Waals surface area (Å²) in [7, 11) is 0. The first-order valence-electron chi connectivity index (χ1n) is 8.10. The molecule has 1 fully saturated rings. The van der Waals surface area contributed by atoms with Gasteiger partial charge in [0.2, 0.25) is 0 Å². The van der Waals surface area contributed by atoms with Gasteiger partial charge in [-0.1, -0.05) is 12.1 Å². The van der Waals surface area contributed by atoms with Gasteiger partial charge in [-0.3, -0.25) is 9.78 Å². The Morgan fingerprint density at radius 2 is 1.96 bits per heavy atom. The lowest BCUT2D eigenvalue weighted by Gasteiger charge is -2.25. The van der Waals surface area contributed by atoms with Crippen LogP contribution >= 0.6 is 15.9 Å².